The third-order valence-corrected chi connectivity index (χ3v) is 4.97. The first kappa shape index (κ1) is 14.0. The highest BCUT2D eigenvalue weighted by atomic mass is 32.1. The molecule has 2 aromatic rings. The molecule has 2 N–H and O–H groups in total. The lowest BCUT2D eigenvalue weighted by Crippen LogP contribution is -2.47. The van der Waals surface area contributed by atoms with Gasteiger partial charge in [-0.05, 0) is 35.4 Å². The van der Waals surface area contributed by atoms with Crippen LogP contribution in [-0.2, 0) is 4.74 Å². The van der Waals surface area contributed by atoms with E-state index in [1.54, 1.807) is 11.3 Å². The highest BCUT2D eigenvalue weighted by Gasteiger charge is 2.27. The fraction of sp³-hybridized carbons (Fsp3) is 0.500. The zero-order valence-electron chi connectivity index (χ0n) is 11.9. The van der Waals surface area contributed by atoms with Crippen LogP contribution in [0.3, 0.4) is 0 Å². The third kappa shape index (κ3) is 2.74. The number of nitrogens with zero attached hydrogens (tertiary/aromatic N) is 1. The fourth-order valence-corrected chi connectivity index (χ4v) is 3.91. The maximum absolute atomic E-state index is 6.51. The van der Waals surface area contributed by atoms with Gasteiger partial charge in [-0.3, -0.25) is 4.90 Å². The molecule has 2 unspecified atom stereocenters. The molecule has 0 aliphatic carbocycles. The van der Waals surface area contributed by atoms with Crippen LogP contribution in [0.15, 0.2) is 29.6 Å². The van der Waals surface area contributed by atoms with Crippen molar-refractivity contribution < 1.29 is 4.74 Å². The third-order valence-electron chi connectivity index (χ3n) is 3.99. The molecule has 1 fully saturated rings. The molecule has 0 bridgehead atoms. The van der Waals surface area contributed by atoms with Gasteiger partial charge in [-0.15, -0.1) is 11.3 Å². The summed E-state index contributed by atoms with van der Waals surface area (Å²) in [6.45, 7) is 6.11. The molecule has 3 rings (SSSR count). The van der Waals surface area contributed by atoms with Crippen molar-refractivity contribution >= 4 is 21.4 Å². The predicted octanol–water partition coefficient (Wildman–Crippen LogP) is 3.01. The minimum absolute atomic E-state index is 0.0444. The Hall–Kier alpha value is -0.940. The van der Waals surface area contributed by atoms with E-state index >= 15 is 0 Å². The Bertz CT molecular complexity index is 566. The van der Waals surface area contributed by atoms with Gasteiger partial charge in [-0.25, -0.2) is 0 Å². The summed E-state index contributed by atoms with van der Waals surface area (Å²) in [7, 11) is 0. The van der Waals surface area contributed by atoms with Crippen LogP contribution in [0.4, 0.5) is 0 Å². The lowest BCUT2D eigenvalue weighted by atomic mass is 9.99. The van der Waals surface area contributed by atoms with Crippen LogP contribution in [0.25, 0.3) is 10.1 Å². The van der Waals surface area contributed by atoms with E-state index in [9.17, 15) is 0 Å². The molecule has 4 heteroatoms. The van der Waals surface area contributed by atoms with Crippen molar-refractivity contribution in [1.29, 1.82) is 0 Å². The Morgan fingerprint density at radius 2 is 2.35 bits per heavy atom. The average Bonchev–Trinajstić information content (AvgIpc) is 2.95. The van der Waals surface area contributed by atoms with E-state index in [4.69, 9.17) is 10.5 Å². The van der Waals surface area contributed by atoms with E-state index in [1.807, 2.05) is 0 Å². The number of hydrogen-bond acceptors (Lipinski definition) is 4. The molecular formula is C16H22N2OS. The van der Waals surface area contributed by atoms with Crippen LogP contribution in [0.2, 0.25) is 0 Å². The van der Waals surface area contributed by atoms with Gasteiger partial charge in [-0.2, -0.15) is 0 Å². The molecule has 1 aromatic heterocycles. The monoisotopic (exact) mass is 290 g/mol. The molecular weight excluding hydrogens is 268 g/mol. The van der Waals surface area contributed by atoms with Gasteiger partial charge in [0.15, 0.2) is 0 Å². The lowest BCUT2D eigenvalue weighted by Gasteiger charge is -2.35. The Morgan fingerprint density at radius 3 is 3.20 bits per heavy atom. The van der Waals surface area contributed by atoms with Crippen molar-refractivity contribution in [2.75, 3.05) is 26.2 Å². The summed E-state index contributed by atoms with van der Waals surface area (Å²) in [6, 6.07) is 8.49. The second-order valence-electron chi connectivity index (χ2n) is 5.42. The minimum atomic E-state index is -0.0444. The van der Waals surface area contributed by atoms with E-state index in [0.29, 0.717) is 0 Å². The first-order valence-corrected chi connectivity index (χ1v) is 8.23. The second kappa shape index (κ2) is 6.22. The van der Waals surface area contributed by atoms with Crippen LogP contribution in [0.5, 0.6) is 0 Å². The Balaban J connectivity index is 1.81. The van der Waals surface area contributed by atoms with Gasteiger partial charge in [0.2, 0.25) is 0 Å². The molecule has 1 aliphatic rings. The molecule has 2 atom stereocenters. The number of fused-ring (bicyclic) bond motifs is 1. The van der Waals surface area contributed by atoms with Gasteiger partial charge in [-0.1, -0.05) is 25.1 Å². The van der Waals surface area contributed by atoms with Crippen molar-refractivity contribution in [2.24, 2.45) is 5.73 Å². The summed E-state index contributed by atoms with van der Waals surface area (Å²) >= 11 is 1.77. The van der Waals surface area contributed by atoms with Gasteiger partial charge < -0.3 is 10.5 Å². The summed E-state index contributed by atoms with van der Waals surface area (Å²) in [5.74, 6) is 0. The molecule has 0 amide bonds. The molecule has 20 heavy (non-hydrogen) atoms. The molecule has 0 spiro atoms. The molecule has 1 saturated heterocycles. The van der Waals surface area contributed by atoms with Crippen molar-refractivity contribution in [1.82, 2.24) is 4.90 Å². The largest absolute Gasteiger partial charge is 0.374 e. The molecule has 1 aliphatic heterocycles. The average molecular weight is 290 g/mol. The summed E-state index contributed by atoms with van der Waals surface area (Å²) < 4.78 is 7.24. The first-order valence-electron chi connectivity index (χ1n) is 7.35. The zero-order valence-corrected chi connectivity index (χ0v) is 12.7. The number of thiophene rings is 1. The van der Waals surface area contributed by atoms with Gasteiger partial charge in [0.25, 0.3) is 0 Å². The van der Waals surface area contributed by atoms with Crippen LogP contribution in [-0.4, -0.2) is 37.2 Å². The fourth-order valence-electron chi connectivity index (χ4n) is 2.95. The van der Waals surface area contributed by atoms with Gasteiger partial charge >= 0.3 is 0 Å². The zero-order chi connectivity index (χ0) is 13.9. The molecule has 0 saturated carbocycles. The van der Waals surface area contributed by atoms with E-state index in [1.165, 1.54) is 22.1 Å². The summed E-state index contributed by atoms with van der Waals surface area (Å²) in [5, 5.41) is 3.41. The number of ether oxygens (including phenoxy) is 1. The van der Waals surface area contributed by atoms with Crippen LogP contribution in [0, 0.1) is 0 Å². The van der Waals surface area contributed by atoms with Gasteiger partial charge in [0, 0.05) is 17.8 Å². The molecule has 108 valence electrons. The van der Waals surface area contributed by atoms with E-state index in [0.717, 1.165) is 26.2 Å². The van der Waals surface area contributed by atoms with Crippen LogP contribution >= 0.6 is 11.3 Å². The van der Waals surface area contributed by atoms with Crippen molar-refractivity contribution in [3.8, 4) is 0 Å². The van der Waals surface area contributed by atoms with Crippen molar-refractivity contribution in [2.45, 2.75) is 25.5 Å². The maximum atomic E-state index is 6.51. The first-order chi connectivity index (χ1) is 9.79. The highest BCUT2D eigenvalue weighted by Crippen LogP contribution is 2.31. The standard InChI is InChI=1S/C16H22N2OS/c1-2-7-18-8-9-19-14(11-18)15(17)13-5-3-4-12-6-10-20-16(12)13/h3-6,10,14-15H,2,7-9,11,17H2,1H3. The van der Waals surface area contributed by atoms with Crippen LogP contribution < -0.4 is 5.73 Å². The van der Waals surface area contributed by atoms with E-state index in [2.05, 4.69) is 41.5 Å². The van der Waals surface area contributed by atoms with Crippen LogP contribution in [0.1, 0.15) is 24.9 Å². The maximum Gasteiger partial charge on any atom is 0.0895 e. The SMILES string of the molecule is CCCN1CCOC(C(N)c2cccc3ccsc23)C1. The summed E-state index contributed by atoms with van der Waals surface area (Å²) in [6.07, 6.45) is 1.28. The molecule has 0 radical (unpaired) electrons. The van der Waals surface area contributed by atoms with Crippen molar-refractivity contribution in [3.63, 3.8) is 0 Å². The molecule has 1 aromatic carbocycles. The van der Waals surface area contributed by atoms with Crippen molar-refractivity contribution in [3.05, 3.63) is 35.2 Å². The number of morpholine rings is 1. The molecule has 3 nitrogen and oxygen atoms in total. The predicted molar refractivity (Wildman–Crippen MR) is 85.2 cm³/mol. The summed E-state index contributed by atoms with van der Waals surface area (Å²) in [4.78, 5) is 2.46. The van der Waals surface area contributed by atoms with E-state index in [-0.39, 0.29) is 12.1 Å². The Kier molecular flexibility index (Phi) is 4.36. The topological polar surface area (TPSA) is 38.5 Å². The molecule has 2 heterocycles. The number of nitrogens with two attached hydrogens (primary N) is 1. The Morgan fingerprint density at radius 1 is 1.45 bits per heavy atom. The number of rotatable bonds is 4. The summed E-state index contributed by atoms with van der Waals surface area (Å²) in [5.41, 5.74) is 7.73. The smallest absolute Gasteiger partial charge is 0.0895 e. The Labute approximate surface area is 124 Å². The normalized spacial score (nSPS) is 22.2. The quantitative estimate of drug-likeness (QED) is 0.940. The number of benzene rings is 1. The van der Waals surface area contributed by atoms with Gasteiger partial charge in [0.05, 0.1) is 18.8 Å². The highest BCUT2D eigenvalue weighted by molar-refractivity contribution is 7.17. The minimum Gasteiger partial charge on any atom is -0.374 e. The number of hydrogen-bond donors (Lipinski definition) is 1. The van der Waals surface area contributed by atoms with E-state index < -0.39 is 0 Å². The van der Waals surface area contributed by atoms with Gasteiger partial charge in [0.1, 0.15) is 0 Å². The lowest BCUT2D eigenvalue weighted by molar-refractivity contribution is -0.0405. The second-order valence-corrected chi connectivity index (χ2v) is 6.34.